The van der Waals surface area contributed by atoms with Gasteiger partial charge in [0.2, 0.25) is 0 Å². The van der Waals surface area contributed by atoms with Crippen molar-refractivity contribution < 1.29 is 23.9 Å². The first-order chi connectivity index (χ1) is 8.00. The topological polar surface area (TPSA) is 109 Å². The van der Waals surface area contributed by atoms with Crippen molar-refractivity contribution in [2.24, 2.45) is 0 Å². The predicted octanol–water partition coefficient (Wildman–Crippen LogP) is -0.0102. The van der Waals surface area contributed by atoms with Gasteiger partial charge in [-0.25, -0.2) is 4.79 Å². The quantitative estimate of drug-likeness (QED) is 0.507. The molecule has 0 bridgehead atoms. The van der Waals surface area contributed by atoms with E-state index in [2.05, 4.69) is 5.43 Å². The predicted molar refractivity (Wildman–Crippen MR) is 55.8 cm³/mol. The maximum atomic E-state index is 11.4. The van der Waals surface area contributed by atoms with E-state index in [0.29, 0.717) is 11.8 Å². The molecule has 7 nitrogen and oxygen atoms in total. The van der Waals surface area contributed by atoms with Crippen molar-refractivity contribution in [3.63, 3.8) is 0 Å². The number of carbonyl (C=O) groups is 3. The molecule has 0 spiro atoms. The number of amides is 2. The van der Waals surface area contributed by atoms with Crippen LogP contribution in [0.2, 0.25) is 0 Å². The lowest BCUT2D eigenvalue weighted by atomic mass is 10.2. The van der Waals surface area contributed by atoms with Crippen LogP contribution in [0.15, 0.2) is 28.9 Å². The van der Waals surface area contributed by atoms with Crippen LogP contribution >= 0.6 is 0 Å². The number of carboxylic acid groups (broad SMARTS) is 1. The number of rotatable bonds is 3. The van der Waals surface area contributed by atoms with Gasteiger partial charge in [0, 0.05) is 12.2 Å². The van der Waals surface area contributed by atoms with Gasteiger partial charge in [-0.1, -0.05) is 0 Å². The van der Waals surface area contributed by atoms with Crippen molar-refractivity contribution in [3.8, 4) is 0 Å². The molecule has 0 aliphatic rings. The van der Waals surface area contributed by atoms with Crippen LogP contribution in [-0.2, 0) is 9.59 Å². The minimum absolute atomic E-state index is 0.285. The Balaban J connectivity index is 2.47. The first kappa shape index (κ1) is 12.5. The Morgan fingerprint density at radius 3 is 2.53 bits per heavy atom. The Hall–Kier alpha value is -2.57. The monoisotopic (exact) mass is 238 g/mol. The van der Waals surface area contributed by atoms with Crippen molar-refractivity contribution in [3.05, 3.63) is 35.8 Å². The lowest BCUT2D eigenvalue weighted by molar-refractivity contribution is -0.131. The Bertz CT molecular complexity index is 475. The number of hydrogen-bond acceptors (Lipinski definition) is 4. The molecule has 0 radical (unpaired) electrons. The van der Waals surface area contributed by atoms with Crippen LogP contribution in [0.25, 0.3) is 0 Å². The summed E-state index contributed by atoms with van der Waals surface area (Å²) >= 11 is 0. The Morgan fingerprint density at radius 1 is 1.29 bits per heavy atom. The molecule has 1 heterocycles. The molecule has 0 aliphatic heterocycles. The number of hydrazine groups is 1. The summed E-state index contributed by atoms with van der Waals surface area (Å²) in [5, 5.41) is 8.26. The number of aliphatic carboxylic acids is 1. The van der Waals surface area contributed by atoms with Gasteiger partial charge in [0.1, 0.15) is 5.76 Å². The lowest BCUT2D eigenvalue weighted by Gasteiger charge is -2.03. The van der Waals surface area contributed by atoms with Crippen LogP contribution < -0.4 is 10.9 Å². The molecule has 7 heteroatoms. The van der Waals surface area contributed by atoms with Crippen molar-refractivity contribution in [2.75, 3.05) is 0 Å². The zero-order valence-electron chi connectivity index (χ0n) is 8.89. The number of aryl methyl sites for hydroxylation is 1. The molecule has 0 atom stereocenters. The third-order valence-electron chi connectivity index (χ3n) is 1.78. The molecule has 0 aliphatic carbocycles. The van der Waals surface area contributed by atoms with E-state index >= 15 is 0 Å². The van der Waals surface area contributed by atoms with Crippen molar-refractivity contribution in [2.45, 2.75) is 6.92 Å². The highest BCUT2D eigenvalue weighted by atomic mass is 16.4. The van der Waals surface area contributed by atoms with E-state index in [-0.39, 0.29) is 5.56 Å². The minimum atomic E-state index is -1.25. The molecule has 0 saturated carbocycles. The number of carboxylic acids is 1. The largest absolute Gasteiger partial charge is 0.478 e. The fourth-order valence-electron chi connectivity index (χ4n) is 0.995. The summed E-state index contributed by atoms with van der Waals surface area (Å²) in [5.41, 5.74) is 4.41. The van der Waals surface area contributed by atoms with Gasteiger partial charge in [-0.15, -0.1) is 0 Å². The summed E-state index contributed by atoms with van der Waals surface area (Å²) in [6.07, 6.45) is 2.78. The third-order valence-corrected chi connectivity index (χ3v) is 1.78. The standard InChI is InChI=1S/C10H10N2O5/c1-6-7(4-5-17-6)10(16)12-11-8(13)2-3-9(14)15/h2-5H,1H3,(H,11,13)(H,12,16)(H,14,15)/b3-2+. The van der Waals surface area contributed by atoms with E-state index in [1.807, 2.05) is 5.43 Å². The van der Waals surface area contributed by atoms with E-state index in [9.17, 15) is 14.4 Å². The molecule has 0 fully saturated rings. The summed E-state index contributed by atoms with van der Waals surface area (Å²) in [6, 6.07) is 1.45. The molecule has 0 aromatic carbocycles. The first-order valence-electron chi connectivity index (χ1n) is 4.56. The fraction of sp³-hybridized carbons (Fsp3) is 0.100. The normalized spacial score (nSPS) is 10.2. The summed E-state index contributed by atoms with van der Waals surface area (Å²) in [4.78, 5) is 32.6. The number of furan rings is 1. The molecule has 3 N–H and O–H groups in total. The summed E-state index contributed by atoms with van der Waals surface area (Å²) in [5.74, 6) is -2.13. The van der Waals surface area contributed by atoms with Gasteiger partial charge in [-0.3, -0.25) is 20.4 Å². The second kappa shape index (κ2) is 5.50. The highest BCUT2D eigenvalue weighted by Crippen LogP contribution is 2.07. The van der Waals surface area contributed by atoms with Crippen LogP contribution in [0.3, 0.4) is 0 Å². The molecule has 2 amide bonds. The van der Waals surface area contributed by atoms with Gasteiger partial charge in [0.15, 0.2) is 0 Å². The van der Waals surface area contributed by atoms with Crippen LogP contribution in [0.1, 0.15) is 16.1 Å². The SMILES string of the molecule is Cc1occc1C(=O)NNC(=O)/C=C/C(=O)O. The van der Waals surface area contributed by atoms with Gasteiger partial charge in [-0.05, 0) is 13.0 Å². The van der Waals surface area contributed by atoms with E-state index in [1.54, 1.807) is 6.92 Å². The number of hydrogen-bond donors (Lipinski definition) is 3. The van der Waals surface area contributed by atoms with Crippen LogP contribution in [-0.4, -0.2) is 22.9 Å². The fourth-order valence-corrected chi connectivity index (χ4v) is 0.995. The Labute approximate surface area is 96.1 Å². The second-order valence-electron chi connectivity index (χ2n) is 3.01. The van der Waals surface area contributed by atoms with Crippen LogP contribution in [0, 0.1) is 6.92 Å². The van der Waals surface area contributed by atoms with E-state index in [1.165, 1.54) is 12.3 Å². The van der Waals surface area contributed by atoms with Crippen LogP contribution in [0.4, 0.5) is 0 Å². The smallest absolute Gasteiger partial charge is 0.328 e. The highest BCUT2D eigenvalue weighted by Gasteiger charge is 2.11. The third kappa shape index (κ3) is 3.82. The molecule has 0 unspecified atom stereocenters. The average molecular weight is 238 g/mol. The summed E-state index contributed by atoms with van der Waals surface area (Å²) < 4.78 is 4.91. The van der Waals surface area contributed by atoms with Crippen molar-refractivity contribution >= 4 is 17.8 Å². The Morgan fingerprint density at radius 2 is 2.00 bits per heavy atom. The van der Waals surface area contributed by atoms with Crippen LogP contribution in [0.5, 0.6) is 0 Å². The molecule has 1 aromatic heterocycles. The van der Waals surface area contributed by atoms with Gasteiger partial charge in [-0.2, -0.15) is 0 Å². The molecule has 0 saturated heterocycles. The molecule has 17 heavy (non-hydrogen) atoms. The van der Waals surface area contributed by atoms with Crippen molar-refractivity contribution in [1.82, 2.24) is 10.9 Å². The highest BCUT2D eigenvalue weighted by molar-refractivity contribution is 5.98. The van der Waals surface area contributed by atoms with Gasteiger partial charge in [0.25, 0.3) is 11.8 Å². The number of carbonyl (C=O) groups excluding carboxylic acids is 2. The second-order valence-corrected chi connectivity index (χ2v) is 3.01. The maximum Gasteiger partial charge on any atom is 0.328 e. The minimum Gasteiger partial charge on any atom is -0.478 e. The van der Waals surface area contributed by atoms with Gasteiger partial charge >= 0.3 is 5.97 Å². The van der Waals surface area contributed by atoms with Gasteiger partial charge < -0.3 is 9.52 Å². The summed E-state index contributed by atoms with van der Waals surface area (Å²) in [6.45, 7) is 1.60. The Kier molecular flexibility index (Phi) is 4.04. The first-order valence-corrected chi connectivity index (χ1v) is 4.56. The molecule has 1 rings (SSSR count). The molecular formula is C10H10N2O5. The summed E-state index contributed by atoms with van der Waals surface area (Å²) in [7, 11) is 0. The van der Waals surface area contributed by atoms with E-state index < -0.39 is 17.8 Å². The lowest BCUT2D eigenvalue weighted by Crippen LogP contribution is -2.40. The van der Waals surface area contributed by atoms with E-state index in [0.717, 1.165) is 6.08 Å². The molecular weight excluding hydrogens is 228 g/mol. The molecule has 90 valence electrons. The van der Waals surface area contributed by atoms with E-state index in [4.69, 9.17) is 9.52 Å². The zero-order chi connectivity index (χ0) is 12.8. The molecule has 1 aromatic rings. The van der Waals surface area contributed by atoms with Gasteiger partial charge in [0.05, 0.1) is 11.8 Å². The number of nitrogens with one attached hydrogen (secondary N) is 2. The zero-order valence-corrected chi connectivity index (χ0v) is 8.89. The average Bonchev–Trinajstić information content (AvgIpc) is 2.69. The maximum absolute atomic E-state index is 11.4. The van der Waals surface area contributed by atoms with Crippen molar-refractivity contribution in [1.29, 1.82) is 0 Å².